The Morgan fingerprint density at radius 1 is 1.10 bits per heavy atom. The van der Waals surface area contributed by atoms with Gasteiger partial charge in [0.15, 0.2) is 0 Å². The van der Waals surface area contributed by atoms with Gasteiger partial charge >= 0.3 is 0 Å². The highest BCUT2D eigenvalue weighted by Gasteiger charge is 2.70. The van der Waals surface area contributed by atoms with Gasteiger partial charge in [-0.1, -0.05) is 20.8 Å². The molecule has 0 saturated heterocycles. The van der Waals surface area contributed by atoms with Crippen LogP contribution in [0.25, 0.3) is 0 Å². The topological polar surface area (TPSA) is 23.8 Å². The molecule has 1 nitrogen and oxygen atoms in total. The largest absolute Gasteiger partial charge is 0.251 e. The molecule has 0 atom stereocenters. The predicted molar refractivity (Wildman–Crippen MR) is 41.6 cm³/mol. The van der Waals surface area contributed by atoms with Crippen LogP contribution in [0.15, 0.2) is 0 Å². The number of rotatable bonds is 0. The van der Waals surface area contributed by atoms with Gasteiger partial charge in [0.25, 0.3) is 0 Å². The average Bonchev–Trinajstić information content (AvgIpc) is 1.51. The first-order chi connectivity index (χ1) is 4.37. The van der Waals surface area contributed by atoms with E-state index in [9.17, 15) is 0 Å². The van der Waals surface area contributed by atoms with E-state index in [1.54, 1.807) is 0 Å². The predicted octanol–water partition coefficient (Wildman–Crippen LogP) is 2.24. The number of nitrogens with one attached hydrogen (secondary N) is 1. The first kappa shape index (κ1) is 6.66. The highest BCUT2D eigenvalue weighted by Crippen LogP contribution is 2.73. The minimum absolute atomic E-state index is 0.0350. The molecule has 1 heteroatoms. The van der Waals surface area contributed by atoms with Crippen molar-refractivity contribution in [2.45, 2.75) is 45.6 Å². The van der Waals surface area contributed by atoms with Gasteiger partial charge in [-0.2, -0.15) is 0 Å². The van der Waals surface area contributed by atoms with E-state index in [1.165, 1.54) is 19.3 Å². The lowest BCUT2D eigenvalue weighted by atomic mass is 9.33. The molecular weight excluding hydrogens is 122 g/mol. The molecule has 3 rings (SSSR count). The summed E-state index contributed by atoms with van der Waals surface area (Å²) in [4.78, 5) is 0. The monoisotopic (exact) mass is 138 g/mol. The Kier molecular flexibility index (Phi) is 0.860. The van der Waals surface area contributed by atoms with E-state index in [-0.39, 0.29) is 5.54 Å². The van der Waals surface area contributed by atoms with Crippen LogP contribution in [0.3, 0.4) is 0 Å². The van der Waals surface area contributed by atoms with Gasteiger partial charge in [0.05, 0.1) is 0 Å². The van der Waals surface area contributed by atoms with Crippen LogP contribution in [-0.4, -0.2) is 5.54 Å². The third-order valence-electron chi connectivity index (χ3n) is 3.62. The van der Waals surface area contributed by atoms with E-state index < -0.39 is 0 Å². The van der Waals surface area contributed by atoms with Crippen LogP contribution in [0.4, 0.5) is 0 Å². The highest BCUT2D eigenvalue weighted by atomic mass is 14.9. The van der Waals surface area contributed by atoms with Crippen molar-refractivity contribution in [3.8, 4) is 0 Å². The molecule has 2 bridgehead atoms. The normalized spacial score (nSPS) is 51.6. The molecule has 0 aromatic rings. The fourth-order valence-electron chi connectivity index (χ4n) is 2.58. The molecule has 0 aromatic carbocycles. The summed E-state index contributed by atoms with van der Waals surface area (Å²) in [6.45, 7) is 6.93. The second-order valence-electron chi connectivity index (χ2n) is 5.34. The van der Waals surface area contributed by atoms with Crippen molar-refractivity contribution in [3.05, 3.63) is 0 Å². The van der Waals surface area contributed by atoms with Gasteiger partial charge in [-0.3, -0.25) is 5.73 Å². The third kappa shape index (κ3) is 0.531. The number of hydrogen-bond donors (Lipinski definition) is 0. The minimum atomic E-state index is 0.0350. The van der Waals surface area contributed by atoms with Crippen LogP contribution < -0.4 is 5.73 Å². The van der Waals surface area contributed by atoms with Crippen LogP contribution in [0.5, 0.6) is 0 Å². The standard InChI is InChI=1S/C9H16N/c1-7(2,3)8-4-9(10,5-8)6-8/h10H,4-6H2,1-3H3. The fourth-order valence-corrected chi connectivity index (χ4v) is 2.58. The summed E-state index contributed by atoms with van der Waals surface area (Å²) in [5.41, 5.74) is 8.81. The fraction of sp³-hybridized carbons (Fsp3) is 1.00. The number of hydrogen-bond acceptors (Lipinski definition) is 0. The lowest BCUT2D eigenvalue weighted by Gasteiger charge is -2.73. The van der Waals surface area contributed by atoms with Crippen molar-refractivity contribution in [1.82, 2.24) is 5.73 Å². The zero-order chi connectivity index (χ0) is 7.62. The molecule has 10 heavy (non-hydrogen) atoms. The summed E-state index contributed by atoms with van der Waals surface area (Å²) in [7, 11) is 0. The van der Waals surface area contributed by atoms with Gasteiger partial charge in [0, 0.05) is 5.54 Å². The van der Waals surface area contributed by atoms with E-state index in [0.29, 0.717) is 10.8 Å². The van der Waals surface area contributed by atoms with Gasteiger partial charge in [-0.25, -0.2) is 0 Å². The molecule has 0 unspecified atom stereocenters. The maximum atomic E-state index is 7.74. The Morgan fingerprint density at radius 2 is 1.50 bits per heavy atom. The Labute approximate surface area is 63.0 Å². The van der Waals surface area contributed by atoms with Crippen molar-refractivity contribution in [1.29, 1.82) is 0 Å². The molecule has 3 aliphatic rings. The lowest BCUT2D eigenvalue weighted by molar-refractivity contribution is -0.203. The van der Waals surface area contributed by atoms with E-state index in [2.05, 4.69) is 20.8 Å². The summed E-state index contributed by atoms with van der Waals surface area (Å²) >= 11 is 0. The van der Waals surface area contributed by atoms with Crippen molar-refractivity contribution < 1.29 is 0 Å². The van der Waals surface area contributed by atoms with Crippen molar-refractivity contribution >= 4 is 0 Å². The maximum absolute atomic E-state index is 7.74. The van der Waals surface area contributed by atoms with Crippen LogP contribution in [-0.2, 0) is 0 Å². The molecule has 1 radical (unpaired) electrons. The van der Waals surface area contributed by atoms with Gasteiger partial charge in [-0.05, 0) is 30.1 Å². The molecule has 0 heterocycles. The quantitative estimate of drug-likeness (QED) is 0.490. The van der Waals surface area contributed by atoms with Crippen molar-refractivity contribution in [2.75, 3.05) is 0 Å². The molecule has 57 valence electrons. The summed E-state index contributed by atoms with van der Waals surface area (Å²) in [5, 5.41) is 0. The van der Waals surface area contributed by atoms with Gasteiger partial charge in [-0.15, -0.1) is 0 Å². The van der Waals surface area contributed by atoms with Crippen molar-refractivity contribution in [2.24, 2.45) is 10.8 Å². The average molecular weight is 138 g/mol. The highest BCUT2D eigenvalue weighted by molar-refractivity contribution is 5.24. The van der Waals surface area contributed by atoms with Gasteiger partial charge in [0.2, 0.25) is 0 Å². The van der Waals surface area contributed by atoms with Crippen LogP contribution >= 0.6 is 0 Å². The van der Waals surface area contributed by atoms with E-state index in [0.717, 1.165) is 0 Å². The SMILES string of the molecule is CC(C)(C)C12CC([NH])(C1)C2. The van der Waals surface area contributed by atoms with Crippen LogP contribution in [0.2, 0.25) is 0 Å². The second-order valence-corrected chi connectivity index (χ2v) is 5.34. The molecule has 3 fully saturated rings. The summed E-state index contributed by atoms with van der Waals surface area (Å²) in [6, 6.07) is 0. The molecule has 0 spiro atoms. The zero-order valence-corrected chi connectivity index (χ0v) is 7.12. The molecule has 3 aliphatic carbocycles. The molecule has 0 aromatic heterocycles. The Morgan fingerprint density at radius 3 is 1.60 bits per heavy atom. The molecule has 0 aliphatic heterocycles. The Bertz CT molecular complexity index is 156. The summed E-state index contributed by atoms with van der Waals surface area (Å²) in [5.74, 6) is 0. The summed E-state index contributed by atoms with van der Waals surface area (Å²) in [6.07, 6.45) is 3.51. The van der Waals surface area contributed by atoms with E-state index in [4.69, 9.17) is 5.73 Å². The van der Waals surface area contributed by atoms with Gasteiger partial charge in [0.1, 0.15) is 0 Å². The zero-order valence-electron chi connectivity index (χ0n) is 7.12. The third-order valence-corrected chi connectivity index (χ3v) is 3.62. The smallest absolute Gasteiger partial charge is 0.0340 e. The van der Waals surface area contributed by atoms with E-state index in [1.807, 2.05) is 0 Å². The molecule has 3 saturated carbocycles. The Hall–Kier alpha value is -0.0400. The maximum Gasteiger partial charge on any atom is 0.0340 e. The van der Waals surface area contributed by atoms with Crippen molar-refractivity contribution in [3.63, 3.8) is 0 Å². The second kappa shape index (κ2) is 1.29. The molecule has 1 N–H and O–H groups in total. The van der Waals surface area contributed by atoms with Gasteiger partial charge < -0.3 is 0 Å². The van der Waals surface area contributed by atoms with Crippen LogP contribution in [0, 0.1) is 10.8 Å². The lowest BCUT2D eigenvalue weighted by Crippen LogP contribution is -2.72. The van der Waals surface area contributed by atoms with Crippen LogP contribution in [0.1, 0.15) is 40.0 Å². The first-order valence-electron chi connectivity index (χ1n) is 4.12. The van der Waals surface area contributed by atoms with E-state index >= 15 is 0 Å². The molecule has 0 amide bonds. The molecular formula is C9H16N. The first-order valence-corrected chi connectivity index (χ1v) is 4.12. The minimum Gasteiger partial charge on any atom is -0.251 e. The Balaban J connectivity index is 2.11. The summed E-state index contributed by atoms with van der Waals surface area (Å²) < 4.78 is 0.